The first-order chi connectivity index (χ1) is 27.5. The number of fused-ring (bicyclic) bond motifs is 3. The largest absolute Gasteiger partial charge is 0.493 e. The number of likely N-dealkylation sites (tertiary alicyclic amines) is 2. The van der Waals surface area contributed by atoms with Crippen molar-refractivity contribution < 1.29 is 38.5 Å². The van der Waals surface area contributed by atoms with Crippen molar-refractivity contribution >= 4 is 52.7 Å². The number of nitrogens with zero attached hydrogens (tertiary/aromatic N) is 7. The molecule has 0 aliphatic carbocycles. The maximum Gasteiger partial charge on any atom is 0.348 e. The fourth-order valence-electron chi connectivity index (χ4n) is 8.69. The van der Waals surface area contributed by atoms with E-state index in [9.17, 15) is 24.3 Å². The molecule has 4 amide bonds. The second-order valence-corrected chi connectivity index (χ2v) is 15.7. The van der Waals surface area contributed by atoms with E-state index in [1.54, 1.807) is 46.4 Å². The number of ether oxygens (including phenoxy) is 3. The summed E-state index contributed by atoms with van der Waals surface area (Å²) >= 11 is 12.9. The van der Waals surface area contributed by atoms with Crippen LogP contribution in [0.4, 0.5) is 10.5 Å². The Bertz CT molecular complexity index is 1970. The lowest BCUT2D eigenvalue weighted by molar-refractivity contribution is -0.189. The molecule has 1 aromatic heterocycles. The van der Waals surface area contributed by atoms with Gasteiger partial charge in [-0.05, 0) is 87.3 Å². The standard InChI is InChI=1S/C40H47Cl2N7O8/c1-55-32-21-27(22-33(56-2)34(32)57-3)36(50)46-16-11-40(25-46,28-6-7-30(41)31(42)23-28)10-15-44-13-8-26(9-14-44)37(51)48(29-5-4-12-43-24-29)39(54)49-35(38(52)53)45-17-19-47(49)20-18-45/h4-7,12,21-24,26,35H,8-11,13-20,25H2,1-3H3,(H,52,53)/t35-,40+/m0/s1. The molecule has 2 bridgehead atoms. The van der Waals surface area contributed by atoms with Gasteiger partial charge in [0.15, 0.2) is 11.5 Å². The highest BCUT2D eigenvalue weighted by molar-refractivity contribution is 6.42. The highest BCUT2D eigenvalue weighted by atomic mass is 35.5. The maximum atomic E-state index is 14.3. The lowest BCUT2D eigenvalue weighted by Crippen LogP contribution is -2.74. The Kier molecular flexibility index (Phi) is 12.1. The minimum atomic E-state index is -1.19. The van der Waals surface area contributed by atoms with Crippen LogP contribution in [-0.2, 0) is 15.0 Å². The van der Waals surface area contributed by atoms with Gasteiger partial charge in [0.2, 0.25) is 17.8 Å². The molecule has 0 radical (unpaired) electrons. The van der Waals surface area contributed by atoms with Crippen LogP contribution >= 0.6 is 23.2 Å². The number of aliphatic carboxylic acids is 1. The van der Waals surface area contributed by atoms with Crippen molar-refractivity contribution in [2.24, 2.45) is 5.92 Å². The number of imide groups is 1. The van der Waals surface area contributed by atoms with Gasteiger partial charge < -0.3 is 29.1 Å². The van der Waals surface area contributed by atoms with E-state index in [1.807, 2.05) is 17.0 Å². The zero-order chi connectivity index (χ0) is 40.4. The van der Waals surface area contributed by atoms with Crippen molar-refractivity contribution in [3.05, 3.63) is 76.0 Å². The van der Waals surface area contributed by atoms with Crippen molar-refractivity contribution in [1.82, 2.24) is 29.7 Å². The third-order valence-corrected chi connectivity index (χ3v) is 12.6. The number of aromatic nitrogens is 1. The van der Waals surface area contributed by atoms with Crippen LogP contribution in [0.25, 0.3) is 0 Å². The second-order valence-electron chi connectivity index (χ2n) is 14.9. The number of piperazine rings is 1. The Hall–Kier alpha value is -4.67. The number of piperidine rings is 1. The molecule has 3 aromatic rings. The highest BCUT2D eigenvalue weighted by Crippen LogP contribution is 2.43. The number of hydrogen-bond acceptors (Lipinski definition) is 11. The summed E-state index contributed by atoms with van der Waals surface area (Å²) in [5, 5.41) is 14.0. The normalized spacial score (nSPS) is 23.6. The van der Waals surface area contributed by atoms with Crippen LogP contribution in [0, 0.1) is 5.92 Å². The van der Waals surface area contributed by atoms with Gasteiger partial charge in [0, 0.05) is 62.4 Å². The number of benzene rings is 2. The number of carbonyl (C=O) groups is 4. The van der Waals surface area contributed by atoms with Crippen molar-refractivity contribution in [3.63, 3.8) is 0 Å². The minimum Gasteiger partial charge on any atom is -0.493 e. The van der Waals surface area contributed by atoms with Gasteiger partial charge in [-0.25, -0.2) is 24.5 Å². The van der Waals surface area contributed by atoms with Gasteiger partial charge in [-0.2, -0.15) is 0 Å². The summed E-state index contributed by atoms with van der Waals surface area (Å²) in [4.78, 5) is 66.2. The van der Waals surface area contributed by atoms with E-state index in [4.69, 9.17) is 37.4 Å². The summed E-state index contributed by atoms with van der Waals surface area (Å²) in [6.07, 6.45) is 4.24. The van der Waals surface area contributed by atoms with E-state index in [1.165, 1.54) is 32.5 Å². The summed E-state index contributed by atoms with van der Waals surface area (Å²) < 4.78 is 16.5. The Morgan fingerprint density at radius 3 is 2.19 bits per heavy atom. The summed E-state index contributed by atoms with van der Waals surface area (Å²) in [5.41, 5.74) is 1.28. The third kappa shape index (κ3) is 7.95. The Morgan fingerprint density at radius 1 is 0.895 bits per heavy atom. The molecular weight excluding hydrogens is 777 g/mol. The molecule has 0 saturated carbocycles. The van der Waals surface area contributed by atoms with Crippen molar-refractivity contribution in [3.8, 4) is 17.2 Å². The van der Waals surface area contributed by atoms with Crippen LogP contribution < -0.4 is 19.1 Å². The number of amides is 4. The summed E-state index contributed by atoms with van der Waals surface area (Å²) in [5.74, 6) is -0.959. The molecule has 5 fully saturated rings. The third-order valence-electron chi connectivity index (χ3n) is 11.8. The molecule has 0 spiro atoms. The predicted molar refractivity (Wildman–Crippen MR) is 212 cm³/mol. The zero-order valence-electron chi connectivity index (χ0n) is 32.2. The van der Waals surface area contributed by atoms with Crippen molar-refractivity contribution in [2.45, 2.75) is 37.3 Å². The first kappa shape index (κ1) is 40.5. The predicted octanol–water partition coefficient (Wildman–Crippen LogP) is 4.71. The van der Waals surface area contributed by atoms with Gasteiger partial charge in [0.05, 0.1) is 43.3 Å². The lowest BCUT2D eigenvalue weighted by Gasteiger charge is -2.53. The number of methoxy groups -OCH3 is 3. The van der Waals surface area contributed by atoms with Crippen LogP contribution in [0.5, 0.6) is 17.2 Å². The maximum absolute atomic E-state index is 14.3. The molecule has 15 nitrogen and oxygen atoms in total. The molecule has 8 rings (SSSR count). The van der Waals surface area contributed by atoms with E-state index >= 15 is 0 Å². The van der Waals surface area contributed by atoms with Crippen LogP contribution in [-0.4, -0.2) is 145 Å². The molecule has 0 unspecified atom stereocenters. The van der Waals surface area contributed by atoms with E-state index in [0.717, 1.165) is 10.5 Å². The van der Waals surface area contributed by atoms with Gasteiger partial charge in [0.25, 0.3) is 5.91 Å². The Morgan fingerprint density at radius 2 is 1.60 bits per heavy atom. The Balaban J connectivity index is 1.06. The number of carboxylic acids is 1. The van der Waals surface area contributed by atoms with Crippen LogP contribution in [0.2, 0.25) is 10.0 Å². The number of carboxylic acid groups (broad SMARTS) is 1. The van der Waals surface area contributed by atoms with Crippen LogP contribution in [0.15, 0.2) is 54.9 Å². The average Bonchev–Trinajstić information content (AvgIpc) is 3.69. The number of hydrogen-bond donors (Lipinski definition) is 1. The van der Waals surface area contributed by atoms with Gasteiger partial charge in [-0.15, -0.1) is 0 Å². The number of hydrazine groups is 1. The number of halogens is 2. The molecule has 5 saturated heterocycles. The first-order valence-corrected chi connectivity index (χ1v) is 19.8. The van der Waals surface area contributed by atoms with E-state index < -0.39 is 29.5 Å². The average molecular weight is 825 g/mol. The molecule has 57 heavy (non-hydrogen) atoms. The van der Waals surface area contributed by atoms with Crippen molar-refractivity contribution in [1.29, 1.82) is 0 Å². The van der Waals surface area contributed by atoms with Gasteiger partial charge >= 0.3 is 12.0 Å². The molecule has 1 N–H and O–H groups in total. The topological polar surface area (TPSA) is 149 Å². The number of carbonyl (C=O) groups excluding carboxylic acids is 3. The first-order valence-electron chi connectivity index (χ1n) is 19.0. The SMILES string of the molecule is COc1cc(C(=O)N2CC[C@@](CCN3CCC(C(=O)N(C(=O)N4[C@@H](C(=O)O)N5CCN4CC5)c4cccnc4)CC3)(c3ccc(Cl)c(Cl)c3)C2)cc(OC)c1OC. The minimum absolute atomic E-state index is 0.163. The van der Waals surface area contributed by atoms with Gasteiger partial charge in [-0.1, -0.05) is 29.3 Å². The second kappa shape index (κ2) is 17.0. The molecule has 304 valence electrons. The summed E-state index contributed by atoms with van der Waals surface area (Å²) in [7, 11) is 4.54. The quantitative estimate of drug-likeness (QED) is 0.286. The molecule has 2 atom stereocenters. The van der Waals surface area contributed by atoms with E-state index in [0.29, 0.717) is 123 Å². The number of urea groups is 1. The highest BCUT2D eigenvalue weighted by Gasteiger charge is 2.49. The fourth-order valence-corrected chi connectivity index (χ4v) is 8.99. The molecular formula is C40H47Cl2N7O8. The zero-order valence-corrected chi connectivity index (χ0v) is 33.7. The number of pyridine rings is 1. The summed E-state index contributed by atoms with van der Waals surface area (Å²) in [6, 6.07) is 11.6. The molecule has 2 aromatic carbocycles. The monoisotopic (exact) mass is 823 g/mol. The lowest BCUT2D eigenvalue weighted by atomic mass is 9.76. The Labute approximate surface area is 341 Å². The number of rotatable bonds is 11. The smallest absolute Gasteiger partial charge is 0.348 e. The fraction of sp³-hybridized carbons (Fsp3) is 0.475. The molecule has 6 heterocycles. The number of anilines is 1. The van der Waals surface area contributed by atoms with Gasteiger partial charge in [-0.3, -0.25) is 19.5 Å². The van der Waals surface area contributed by atoms with Crippen LogP contribution in [0.1, 0.15) is 41.6 Å². The van der Waals surface area contributed by atoms with Crippen molar-refractivity contribution in [2.75, 3.05) is 85.1 Å². The summed E-state index contributed by atoms with van der Waals surface area (Å²) in [6.45, 7) is 4.89. The van der Waals surface area contributed by atoms with E-state index in [2.05, 4.69) is 9.88 Å². The molecule has 17 heteroatoms. The van der Waals surface area contributed by atoms with E-state index in [-0.39, 0.29) is 11.8 Å². The molecule has 5 aliphatic heterocycles. The van der Waals surface area contributed by atoms with Crippen LogP contribution in [0.3, 0.4) is 0 Å². The molecule has 5 aliphatic rings. The van der Waals surface area contributed by atoms with Gasteiger partial charge in [0.1, 0.15) is 0 Å².